The standard InChI is InChI=1S/C20H21BrN2O3/c1-3-26-18-15(21)10-12(11-17(18)25-2)19-22-16-7-5-4-6-14(16)20(24)23(19)13-8-9-13/h4-7,10-11,13,19,22H,3,8-9H2,1-2H3/t19-/m1/s1. The quantitative estimate of drug-likeness (QED) is 0.774. The molecule has 0 radical (unpaired) electrons. The highest BCUT2D eigenvalue weighted by Crippen LogP contribution is 2.44. The lowest BCUT2D eigenvalue weighted by Gasteiger charge is -2.38. The van der Waals surface area contributed by atoms with Crippen LogP contribution in [0.5, 0.6) is 11.5 Å². The summed E-state index contributed by atoms with van der Waals surface area (Å²) in [4.78, 5) is 15.1. The van der Waals surface area contributed by atoms with E-state index in [1.165, 1.54) is 0 Å². The van der Waals surface area contributed by atoms with Crippen molar-refractivity contribution < 1.29 is 14.3 Å². The van der Waals surface area contributed by atoms with Crippen LogP contribution in [0.4, 0.5) is 5.69 Å². The number of para-hydroxylation sites is 1. The summed E-state index contributed by atoms with van der Waals surface area (Å²) >= 11 is 3.59. The van der Waals surface area contributed by atoms with Crippen molar-refractivity contribution in [3.05, 3.63) is 52.0 Å². The topological polar surface area (TPSA) is 50.8 Å². The number of amides is 1. The minimum Gasteiger partial charge on any atom is -0.493 e. The molecule has 1 amide bonds. The van der Waals surface area contributed by atoms with Gasteiger partial charge >= 0.3 is 0 Å². The van der Waals surface area contributed by atoms with Gasteiger partial charge in [0.05, 0.1) is 23.8 Å². The monoisotopic (exact) mass is 416 g/mol. The predicted octanol–water partition coefficient (Wildman–Crippen LogP) is 4.59. The molecule has 5 nitrogen and oxygen atoms in total. The molecule has 1 saturated carbocycles. The van der Waals surface area contributed by atoms with Crippen LogP contribution in [0, 0.1) is 0 Å². The highest BCUT2D eigenvalue weighted by molar-refractivity contribution is 9.10. The van der Waals surface area contributed by atoms with Gasteiger partial charge in [0.1, 0.15) is 6.17 Å². The third-order valence-corrected chi connectivity index (χ3v) is 5.35. The van der Waals surface area contributed by atoms with Crippen molar-refractivity contribution in [2.75, 3.05) is 19.0 Å². The number of nitrogens with zero attached hydrogens (tertiary/aromatic N) is 1. The molecule has 136 valence electrons. The fourth-order valence-corrected chi connectivity index (χ4v) is 4.00. The van der Waals surface area contributed by atoms with Gasteiger partial charge in [0, 0.05) is 11.7 Å². The molecule has 0 spiro atoms. The second kappa shape index (κ2) is 6.83. The largest absolute Gasteiger partial charge is 0.493 e. The first-order chi connectivity index (χ1) is 12.6. The Labute approximate surface area is 161 Å². The zero-order valence-corrected chi connectivity index (χ0v) is 16.4. The lowest BCUT2D eigenvalue weighted by Crippen LogP contribution is -2.44. The molecule has 2 aromatic rings. The number of hydrogen-bond donors (Lipinski definition) is 1. The lowest BCUT2D eigenvalue weighted by molar-refractivity contribution is 0.0666. The van der Waals surface area contributed by atoms with Crippen LogP contribution in [0.15, 0.2) is 40.9 Å². The smallest absolute Gasteiger partial charge is 0.258 e. The van der Waals surface area contributed by atoms with Gasteiger partial charge in [0.15, 0.2) is 11.5 Å². The van der Waals surface area contributed by atoms with E-state index >= 15 is 0 Å². The molecule has 2 aromatic carbocycles. The van der Waals surface area contributed by atoms with Crippen molar-refractivity contribution in [1.82, 2.24) is 4.90 Å². The third-order valence-electron chi connectivity index (χ3n) is 4.76. The number of ether oxygens (including phenoxy) is 2. The summed E-state index contributed by atoms with van der Waals surface area (Å²) in [5, 5.41) is 3.53. The molecule has 6 heteroatoms. The van der Waals surface area contributed by atoms with Crippen molar-refractivity contribution in [3.8, 4) is 11.5 Å². The lowest BCUT2D eigenvalue weighted by atomic mass is 10.0. The summed E-state index contributed by atoms with van der Waals surface area (Å²) in [7, 11) is 1.63. The summed E-state index contributed by atoms with van der Waals surface area (Å²) in [5.74, 6) is 1.41. The van der Waals surface area contributed by atoms with Crippen LogP contribution >= 0.6 is 15.9 Å². The Hall–Kier alpha value is -2.21. The molecular formula is C20H21BrN2O3. The third kappa shape index (κ3) is 2.92. The first-order valence-corrected chi connectivity index (χ1v) is 9.61. The number of methoxy groups -OCH3 is 1. The number of benzene rings is 2. The Morgan fingerprint density at radius 2 is 2.04 bits per heavy atom. The molecule has 1 fully saturated rings. The van der Waals surface area contributed by atoms with Gasteiger partial charge in [-0.3, -0.25) is 4.79 Å². The summed E-state index contributed by atoms with van der Waals surface area (Å²) in [6.07, 6.45) is 1.86. The van der Waals surface area contributed by atoms with E-state index in [2.05, 4.69) is 21.2 Å². The van der Waals surface area contributed by atoms with Gasteiger partial charge in [0.25, 0.3) is 5.91 Å². The maximum atomic E-state index is 13.1. The first-order valence-electron chi connectivity index (χ1n) is 8.82. The van der Waals surface area contributed by atoms with Crippen LogP contribution in [0.3, 0.4) is 0 Å². The second-order valence-electron chi connectivity index (χ2n) is 6.50. The van der Waals surface area contributed by atoms with Crippen LogP contribution < -0.4 is 14.8 Å². The zero-order chi connectivity index (χ0) is 18.3. The molecule has 0 saturated heterocycles. The first kappa shape index (κ1) is 17.2. The van der Waals surface area contributed by atoms with E-state index in [1.54, 1.807) is 7.11 Å². The molecule has 0 aromatic heterocycles. The number of carbonyl (C=O) groups is 1. The number of hydrogen-bond acceptors (Lipinski definition) is 4. The molecule has 1 N–H and O–H groups in total. The highest BCUT2D eigenvalue weighted by Gasteiger charge is 2.42. The van der Waals surface area contributed by atoms with E-state index in [0.29, 0.717) is 18.1 Å². The summed E-state index contributed by atoms with van der Waals surface area (Å²) in [5.41, 5.74) is 2.56. The second-order valence-corrected chi connectivity index (χ2v) is 7.36. The van der Waals surface area contributed by atoms with Crippen LogP contribution in [0.1, 0.15) is 41.9 Å². The maximum Gasteiger partial charge on any atom is 0.258 e. The van der Waals surface area contributed by atoms with Crippen molar-refractivity contribution >= 4 is 27.5 Å². The van der Waals surface area contributed by atoms with Gasteiger partial charge in [-0.25, -0.2) is 0 Å². The van der Waals surface area contributed by atoms with Gasteiger partial charge in [-0.2, -0.15) is 0 Å². The summed E-state index contributed by atoms with van der Waals surface area (Å²) < 4.78 is 12.0. The Morgan fingerprint density at radius 1 is 1.27 bits per heavy atom. The minimum absolute atomic E-state index is 0.0795. The minimum atomic E-state index is -0.231. The van der Waals surface area contributed by atoms with Crippen molar-refractivity contribution in [2.45, 2.75) is 32.0 Å². The maximum absolute atomic E-state index is 13.1. The number of carbonyl (C=O) groups excluding carboxylic acids is 1. The van der Waals surface area contributed by atoms with Crippen LogP contribution in [0.2, 0.25) is 0 Å². The molecule has 1 heterocycles. The van der Waals surface area contributed by atoms with E-state index in [9.17, 15) is 4.79 Å². The van der Waals surface area contributed by atoms with E-state index in [0.717, 1.165) is 34.1 Å². The summed E-state index contributed by atoms with van der Waals surface area (Å²) in [6, 6.07) is 11.9. The average Bonchev–Trinajstić information content (AvgIpc) is 3.48. The highest BCUT2D eigenvalue weighted by atomic mass is 79.9. The number of halogens is 1. The Balaban J connectivity index is 1.78. The van der Waals surface area contributed by atoms with Crippen molar-refractivity contribution in [2.24, 2.45) is 0 Å². The van der Waals surface area contributed by atoms with E-state index in [4.69, 9.17) is 9.47 Å². The predicted molar refractivity (Wildman–Crippen MR) is 104 cm³/mol. The molecule has 1 aliphatic heterocycles. The number of nitrogens with one attached hydrogen (secondary N) is 1. The van der Waals surface area contributed by atoms with E-state index in [1.807, 2.05) is 48.2 Å². The molecule has 1 aliphatic carbocycles. The molecule has 0 unspecified atom stereocenters. The fourth-order valence-electron chi connectivity index (χ4n) is 3.42. The Morgan fingerprint density at radius 3 is 2.73 bits per heavy atom. The van der Waals surface area contributed by atoms with Gasteiger partial charge in [-0.1, -0.05) is 12.1 Å². The normalized spacial score (nSPS) is 19.0. The number of fused-ring (bicyclic) bond motifs is 1. The van der Waals surface area contributed by atoms with Crippen LogP contribution in [0.25, 0.3) is 0 Å². The fraction of sp³-hybridized carbons (Fsp3) is 0.350. The Bertz CT molecular complexity index is 851. The number of rotatable bonds is 5. The van der Waals surface area contributed by atoms with Gasteiger partial charge < -0.3 is 19.7 Å². The molecule has 4 rings (SSSR count). The average molecular weight is 417 g/mol. The Kier molecular flexibility index (Phi) is 4.53. The van der Waals surface area contributed by atoms with Crippen LogP contribution in [-0.2, 0) is 0 Å². The summed E-state index contributed by atoms with van der Waals surface area (Å²) in [6.45, 7) is 2.49. The van der Waals surface area contributed by atoms with E-state index in [-0.39, 0.29) is 18.1 Å². The van der Waals surface area contributed by atoms with Gasteiger partial charge in [-0.05, 0) is 65.5 Å². The molecule has 1 atom stereocenters. The zero-order valence-electron chi connectivity index (χ0n) is 14.8. The molecule has 2 aliphatic rings. The van der Waals surface area contributed by atoms with Crippen LogP contribution in [-0.4, -0.2) is 30.6 Å². The van der Waals surface area contributed by atoms with Gasteiger partial charge in [-0.15, -0.1) is 0 Å². The van der Waals surface area contributed by atoms with E-state index < -0.39 is 0 Å². The molecule has 26 heavy (non-hydrogen) atoms. The number of anilines is 1. The SMILES string of the molecule is CCOc1c(Br)cc([C@@H]2Nc3ccccc3C(=O)N2C2CC2)cc1OC. The van der Waals surface area contributed by atoms with Crippen molar-refractivity contribution in [3.63, 3.8) is 0 Å². The van der Waals surface area contributed by atoms with Crippen molar-refractivity contribution in [1.29, 1.82) is 0 Å². The molecule has 0 bridgehead atoms. The van der Waals surface area contributed by atoms with Gasteiger partial charge in [0.2, 0.25) is 0 Å². The molecular weight excluding hydrogens is 396 g/mol.